The Hall–Kier alpha value is -1.26. The SMILES string of the molecule is CN(C)CCC1CN(C)C(=O)c2cc(Cl)ccc2O1. The van der Waals surface area contributed by atoms with E-state index in [2.05, 4.69) is 4.90 Å². The Bertz CT molecular complexity index is 477. The number of carbonyl (C=O) groups excluding carboxylic acids is 1. The number of hydrogen-bond donors (Lipinski definition) is 0. The highest BCUT2D eigenvalue weighted by molar-refractivity contribution is 6.31. The maximum Gasteiger partial charge on any atom is 0.257 e. The fourth-order valence-electron chi connectivity index (χ4n) is 2.14. The largest absolute Gasteiger partial charge is 0.488 e. The normalized spacial score (nSPS) is 19.1. The van der Waals surface area contributed by atoms with Gasteiger partial charge in [0.15, 0.2) is 0 Å². The van der Waals surface area contributed by atoms with E-state index in [0.29, 0.717) is 22.9 Å². The number of hydrogen-bond acceptors (Lipinski definition) is 3. The molecule has 1 amide bonds. The zero-order chi connectivity index (χ0) is 14.0. The predicted octanol–water partition coefficient (Wildman–Crippen LogP) is 2.12. The van der Waals surface area contributed by atoms with Gasteiger partial charge in [-0.25, -0.2) is 0 Å². The number of carbonyl (C=O) groups is 1. The monoisotopic (exact) mass is 282 g/mol. The molecule has 1 aliphatic heterocycles. The molecule has 104 valence electrons. The fraction of sp³-hybridized carbons (Fsp3) is 0.500. The molecule has 1 unspecified atom stereocenters. The molecule has 1 atom stereocenters. The van der Waals surface area contributed by atoms with Crippen LogP contribution in [0.5, 0.6) is 5.75 Å². The van der Waals surface area contributed by atoms with Crippen LogP contribution in [0.3, 0.4) is 0 Å². The molecule has 0 aliphatic carbocycles. The topological polar surface area (TPSA) is 32.8 Å². The zero-order valence-electron chi connectivity index (χ0n) is 11.5. The molecule has 0 saturated carbocycles. The van der Waals surface area contributed by atoms with E-state index >= 15 is 0 Å². The second kappa shape index (κ2) is 5.80. The van der Waals surface area contributed by atoms with Gasteiger partial charge in [-0.15, -0.1) is 0 Å². The van der Waals surface area contributed by atoms with Gasteiger partial charge in [-0.2, -0.15) is 0 Å². The van der Waals surface area contributed by atoms with Crippen molar-refractivity contribution in [3.8, 4) is 5.75 Å². The van der Waals surface area contributed by atoms with Crippen molar-refractivity contribution in [1.29, 1.82) is 0 Å². The summed E-state index contributed by atoms with van der Waals surface area (Å²) in [5, 5.41) is 0.552. The Morgan fingerprint density at radius 2 is 2.21 bits per heavy atom. The lowest BCUT2D eigenvalue weighted by Crippen LogP contribution is -2.35. The van der Waals surface area contributed by atoms with E-state index in [0.717, 1.165) is 13.0 Å². The van der Waals surface area contributed by atoms with E-state index in [4.69, 9.17) is 16.3 Å². The average Bonchev–Trinajstić information content (AvgIpc) is 2.47. The minimum atomic E-state index is -0.0372. The van der Waals surface area contributed by atoms with Crippen molar-refractivity contribution in [3.63, 3.8) is 0 Å². The Kier molecular flexibility index (Phi) is 4.32. The Morgan fingerprint density at radius 3 is 2.89 bits per heavy atom. The number of fused-ring (bicyclic) bond motifs is 1. The summed E-state index contributed by atoms with van der Waals surface area (Å²) in [5.74, 6) is 0.590. The molecule has 2 rings (SSSR count). The van der Waals surface area contributed by atoms with E-state index in [-0.39, 0.29) is 12.0 Å². The smallest absolute Gasteiger partial charge is 0.257 e. The molecule has 0 saturated heterocycles. The van der Waals surface area contributed by atoms with Crippen LogP contribution in [0.25, 0.3) is 0 Å². The van der Waals surface area contributed by atoms with Crippen molar-refractivity contribution >= 4 is 17.5 Å². The summed E-state index contributed by atoms with van der Waals surface area (Å²) >= 11 is 5.95. The molecule has 0 fully saturated rings. The lowest BCUT2D eigenvalue weighted by Gasteiger charge is -2.22. The number of benzene rings is 1. The highest BCUT2D eigenvalue weighted by Crippen LogP contribution is 2.28. The number of rotatable bonds is 3. The highest BCUT2D eigenvalue weighted by Gasteiger charge is 2.26. The second-order valence-electron chi connectivity index (χ2n) is 5.16. The molecule has 1 aliphatic rings. The minimum absolute atomic E-state index is 0.0128. The minimum Gasteiger partial charge on any atom is -0.488 e. The second-order valence-corrected chi connectivity index (χ2v) is 5.59. The third kappa shape index (κ3) is 3.39. The Balaban J connectivity index is 2.22. The van der Waals surface area contributed by atoms with Crippen LogP contribution in [0, 0.1) is 0 Å². The first kappa shape index (κ1) is 14.2. The summed E-state index contributed by atoms with van der Waals surface area (Å²) in [6.45, 7) is 1.52. The van der Waals surface area contributed by atoms with Crippen molar-refractivity contribution in [2.45, 2.75) is 12.5 Å². The third-order valence-corrected chi connectivity index (χ3v) is 3.42. The molecule has 1 aromatic rings. The van der Waals surface area contributed by atoms with Crippen molar-refractivity contribution < 1.29 is 9.53 Å². The molecule has 5 heteroatoms. The molecular weight excluding hydrogens is 264 g/mol. The Labute approximate surface area is 118 Å². The Morgan fingerprint density at radius 1 is 1.47 bits per heavy atom. The summed E-state index contributed by atoms with van der Waals surface area (Å²) < 4.78 is 5.96. The molecule has 0 radical (unpaired) electrons. The van der Waals surface area contributed by atoms with Crippen LogP contribution in [0.4, 0.5) is 0 Å². The fourth-order valence-corrected chi connectivity index (χ4v) is 2.31. The van der Waals surface area contributed by atoms with Gasteiger partial charge in [-0.05, 0) is 38.7 Å². The van der Waals surface area contributed by atoms with Crippen LogP contribution in [-0.4, -0.2) is 56.0 Å². The first-order valence-corrected chi connectivity index (χ1v) is 6.71. The van der Waals surface area contributed by atoms with Crippen LogP contribution in [0.15, 0.2) is 18.2 Å². The molecule has 0 bridgehead atoms. The van der Waals surface area contributed by atoms with Crippen molar-refractivity contribution in [1.82, 2.24) is 9.80 Å². The van der Waals surface area contributed by atoms with Gasteiger partial charge in [0.1, 0.15) is 11.9 Å². The van der Waals surface area contributed by atoms with E-state index in [9.17, 15) is 4.79 Å². The van der Waals surface area contributed by atoms with Crippen LogP contribution < -0.4 is 4.74 Å². The van der Waals surface area contributed by atoms with Gasteiger partial charge in [0.25, 0.3) is 5.91 Å². The van der Waals surface area contributed by atoms with Gasteiger partial charge < -0.3 is 14.5 Å². The maximum absolute atomic E-state index is 12.2. The van der Waals surface area contributed by atoms with E-state index in [1.165, 1.54) is 0 Å². The summed E-state index contributed by atoms with van der Waals surface area (Å²) in [4.78, 5) is 16.1. The molecule has 0 spiro atoms. The quantitative estimate of drug-likeness (QED) is 0.851. The van der Waals surface area contributed by atoms with E-state index in [1.807, 2.05) is 14.1 Å². The molecule has 0 N–H and O–H groups in total. The number of nitrogens with zero attached hydrogens (tertiary/aromatic N) is 2. The molecule has 4 nitrogen and oxygen atoms in total. The van der Waals surface area contributed by atoms with Gasteiger partial charge in [0.2, 0.25) is 0 Å². The zero-order valence-corrected chi connectivity index (χ0v) is 12.3. The van der Waals surface area contributed by atoms with Crippen LogP contribution in [0.2, 0.25) is 5.02 Å². The number of amides is 1. The molecule has 1 heterocycles. The van der Waals surface area contributed by atoms with Gasteiger partial charge in [0.05, 0.1) is 12.1 Å². The lowest BCUT2D eigenvalue weighted by atomic mass is 10.2. The summed E-state index contributed by atoms with van der Waals surface area (Å²) in [6, 6.07) is 5.20. The van der Waals surface area contributed by atoms with Gasteiger partial charge in [-0.3, -0.25) is 4.79 Å². The average molecular weight is 283 g/mol. The molecular formula is C14H19ClN2O2. The van der Waals surface area contributed by atoms with Crippen molar-refractivity contribution in [2.75, 3.05) is 34.2 Å². The standard InChI is InChI=1S/C14H19ClN2O2/c1-16(2)7-6-11-9-17(3)14(18)12-8-10(15)4-5-13(12)19-11/h4-5,8,11H,6-7,9H2,1-3H3. The first-order valence-electron chi connectivity index (χ1n) is 6.34. The van der Waals surface area contributed by atoms with Gasteiger partial charge in [-0.1, -0.05) is 11.6 Å². The summed E-state index contributed by atoms with van der Waals surface area (Å²) in [5.41, 5.74) is 0.544. The predicted molar refractivity (Wildman–Crippen MR) is 76.0 cm³/mol. The third-order valence-electron chi connectivity index (χ3n) is 3.19. The van der Waals surface area contributed by atoms with Gasteiger partial charge in [0, 0.05) is 18.6 Å². The van der Waals surface area contributed by atoms with E-state index in [1.54, 1.807) is 30.1 Å². The van der Waals surface area contributed by atoms with Crippen molar-refractivity contribution in [2.24, 2.45) is 0 Å². The molecule has 1 aromatic carbocycles. The number of halogens is 1. The molecule has 19 heavy (non-hydrogen) atoms. The van der Waals surface area contributed by atoms with Crippen LogP contribution >= 0.6 is 11.6 Å². The summed E-state index contributed by atoms with van der Waals surface area (Å²) in [7, 11) is 5.85. The maximum atomic E-state index is 12.2. The number of likely N-dealkylation sites (N-methyl/N-ethyl adjacent to an activating group) is 1. The number of ether oxygens (including phenoxy) is 1. The van der Waals surface area contributed by atoms with Crippen LogP contribution in [0.1, 0.15) is 16.8 Å². The van der Waals surface area contributed by atoms with Crippen molar-refractivity contribution in [3.05, 3.63) is 28.8 Å². The molecule has 0 aromatic heterocycles. The van der Waals surface area contributed by atoms with Crippen LogP contribution in [-0.2, 0) is 0 Å². The first-order chi connectivity index (χ1) is 8.97. The summed E-state index contributed by atoms with van der Waals surface area (Å²) in [6.07, 6.45) is 0.894. The van der Waals surface area contributed by atoms with E-state index < -0.39 is 0 Å². The van der Waals surface area contributed by atoms with Gasteiger partial charge >= 0.3 is 0 Å². The highest BCUT2D eigenvalue weighted by atomic mass is 35.5. The lowest BCUT2D eigenvalue weighted by molar-refractivity contribution is 0.0750.